The van der Waals surface area contributed by atoms with Crippen LogP contribution < -0.4 is 14.8 Å². The molecule has 4 rings (SSSR count). The minimum atomic E-state index is -0.658. The predicted octanol–water partition coefficient (Wildman–Crippen LogP) is 4.40. The van der Waals surface area contributed by atoms with E-state index >= 15 is 0 Å². The Hall–Kier alpha value is -3.87. The zero-order valence-electron chi connectivity index (χ0n) is 17.8. The number of ether oxygens (including phenoxy) is 2. The third kappa shape index (κ3) is 4.72. The van der Waals surface area contributed by atoms with E-state index in [0.717, 1.165) is 11.1 Å². The van der Waals surface area contributed by atoms with Gasteiger partial charge in [-0.2, -0.15) is 0 Å². The summed E-state index contributed by atoms with van der Waals surface area (Å²) in [6.07, 6.45) is -0.658. The van der Waals surface area contributed by atoms with Gasteiger partial charge in [0.2, 0.25) is 0 Å². The maximum absolute atomic E-state index is 13.2. The second-order valence-electron chi connectivity index (χ2n) is 7.59. The number of fused-ring (bicyclic) bond motifs is 1. The number of nitrogens with zero attached hydrogens (tertiary/aromatic N) is 1. The summed E-state index contributed by atoms with van der Waals surface area (Å²) in [5, 5.41) is 2.88. The van der Waals surface area contributed by atoms with E-state index in [1.54, 1.807) is 73.5 Å². The number of hydrogen-bond donors (Lipinski definition) is 1. The van der Waals surface area contributed by atoms with Gasteiger partial charge in [-0.15, -0.1) is 0 Å². The maximum Gasteiger partial charge on any atom is 0.263 e. The monoisotopic (exact) mass is 434 g/mol. The van der Waals surface area contributed by atoms with Crippen LogP contribution in [0.5, 0.6) is 11.5 Å². The number of benzene rings is 3. The summed E-state index contributed by atoms with van der Waals surface area (Å²) in [5.74, 6) is 0.427. The van der Waals surface area contributed by atoms with Gasteiger partial charge in [0.15, 0.2) is 6.10 Å². The van der Waals surface area contributed by atoms with Crippen LogP contribution in [-0.2, 0) is 17.9 Å². The second kappa shape index (κ2) is 9.09. The summed E-state index contributed by atoms with van der Waals surface area (Å²) in [7, 11) is 1.55. The van der Waals surface area contributed by atoms with E-state index in [1.807, 2.05) is 0 Å². The van der Waals surface area contributed by atoms with Crippen LogP contribution in [0.4, 0.5) is 10.1 Å². The number of hydrogen-bond acceptors (Lipinski definition) is 4. The molecule has 0 fully saturated rings. The number of methoxy groups -OCH3 is 1. The van der Waals surface area contributed by atoms with Gasteiger partial charge in [-0.25, -0.2) is 4.39 Å². The van der Waals surface area contributed by atoms with Crippen LogP contribution in [0, 0.1) is 5.82 Å². The molecule has 1 aliphatic rings. The smallest absolute Gasteiger partial charge is 0.263 e. The Balaban J connectivity index is 1.55. The first-order valence-electron chi connectivity index (χ1n) is 10.2. The van der Waals surface area contributed by atoms with Crippen molar-refractivity contribution in [3.05, 3.63) is 89.2 Å². The van der Waals surface area contributed by atoms with Gasteiger partial charge in [0.1, 0.15) is 17.3 Å². The normalized spacial score (nSPS) is 15.4. The number of carbonyl (C=O) groups is 2. The second-order valence-corrected chi connectivity index (χ2v) is 7.59. The summed E-state index contributed by atoms with van der Waals surface area (Å²) in [5.41, 5.74) is 2.65. The standard InChI is InChI=1S/C25H23FN2O4/c1-16-25(30)28(14-17-6-8-20(26)9-7-17)15-19-12-21(10-11-23(19)32-16)27-24(29)18-4-3-5-22(13-18)31-2/h3-13,16H,14-15H2,1-2H3,(H,27,29)/t16-/m0/s1. The largest absolute Gasteiger partial charge is 0.497 e. The van der Waals surface area contributed by atoms with E-state index in [2.05, 4.69) is 5.32 Å². The maximum atomic E-state index is 13.2. The van der Waals surface area contributed by atoms with Crippen molar-refractivity contribution in [3.8, 4) is 11.5 Å². The molecule has 0 spiro atoms. The van der Waals surface area contributed by atoms with Crippen molar-refractivity contribution in [2.45, 2.75) is 26.1 Å². The third-order valence-electron chi connectivity index (χ3n) is 5.26. The quantitative estimate of drug-likeness (QED) is 0.647. The fourth-order valence-electron chi connectivity index (χ4n) is 3.59. The Kier molecular flexibility index (Phi) is 6.07. The Morgan fingerprint density at radius 3 is 2.69 bits per heavy atom. The molecule has 3 aromatic rings. The Bertz CT molecular complexity index is 1150. The van der Waals surface area contributed by atoms with Gasteiger partial charge in [0, 0.05) is 29.9 Å². The van der Waals surface area contributed by atoms with Crippen LogP contribution in [0.1, 0.15) is 28.4 Å². The molecule has 1 aliphatic heterocycles. The highest BCUT2D eigenvalue weighted by Gasteiger charge is 2.28. The van der Waals surface area contributed by atoms with E-state index in [0.29, 0.717) is 35.8 Å². The number of halogens is 1. The van der Waals surface area contributed by atoms with E-state index in [4.69, 9.17) is 9.47 Å². The summed E-state index contributed by atoms with van der Waals surface area (Å²) in [6.45, 7) is 2.33. The van der Waals surface area contributed by atoms with Crippen molar-refractivity contribution >= 4 is 17.5 Å². The van der Waals surface area contributed by atoms with Crippen molar-refractivity contribution < 1.29 is 23.5 Å². The first-order chi connectivity index (χ1) is 15.4. The van der Waals surface area contributed by atoms with Gasteiger partial charge in [-0.05, 0) is 61.0 Å². The van der Waals surface area contributed by atoms with Crippen molar-refractivity contribution in [2.75, 3.05) is 12.4 Å². The molecule has 7 heteroatoms. The fourth-order valence-corrected chi connectivity index (χ4v) is 3.59. The summed E-state index contributed by atoms with van der Waals surface area (Å²) < 4.78 is 24.3. The van der Waals surface area contributed by atoms with E-state index in [9.17, 15) is 14.0 Å². The highest BCUT2D eigenvalue weighted by molar-refractivity contribution is 6.04. The lowest BCUT2D eigenvalue weighted by atomic mass is 10.1. The molecule has 32 heavy (non-hydrogen) atoms. The van der Waals surface area contributed by atoms with Crippen LogP contribution in [0.15, 0.2) is 66.7 Å². The number of nitrogens with one attached hydrogen (secondary N) is 1. The molecule has 0 radical (unpaired) electrons. The van der Waals surface area contributed by atoms with Crippen molar-refractivity contribution in [3.63, 3.8) is 0 Å². The molecule has 6 nitrogen and oxygen atoms in total. The molecular weight excluding hydrogens is 411 g/mol. The molecule has 0 saturated carbocycles. The van der Waals surface area contributed by atoms with Crippen molar-refractivity contribution in [2.24, 2.45) is 0 Å². The topological polar surface area (TPSA) is 67.9 Å². The van der Waals surface area contributed by atoms with E-state index in [1.165, 1.54) is 12.1 Å². The Labute approximate surface area is 185 Å². The first kappa shape index (κ1) is 21.4. The van der Waals surface area contributed by atoms with Crippen molar-refractivity contribution in [1.82, 2.24) is 4.90 Å². The molecular formula is C25H23FN2O4. The van der Waals surface area contributed by atoms with Gasteiger partial charge in [0.25, 0.3) is 11.8 Å². The van der Waals surface area contributed by atoms with E-state index in [-0.39, 0.29) is 17.6 Å². The number of carbonyl (C=O) groups excluding carboxylic acids is 2. The number of rotatable bonds is 5. The van der Waals surface area contributed by atoms with Gasteiger partial charge in [0.05, 0.1) is 7.11 Å². The number of anilines is 1. The third-order valence-corrected chi connectivity index (χ3v) is 5.26. The average molecular weight is 434 g/mol. The molecule has 2 amide bonds. The van der Waals surface area contributed by atoms with Crippen LogP contribution in [-0.4, -0.2) is 29.9 Å². The summed E-state index contributed by atoms with van der Waals surface area (Å²) >= 11 is 0. The van der Waals surface area contributed by atoms with Crippen LogP contribution in [0.2, 0.25) is 0 Å². The van der Waals surface area contributed by atoms with Gasteiger partial charge in [-0.1, -0.05) is 18.2 Å². The molecule has 1 N–H and O–H groups in total. The zero-order valence-corrected chi connectivity index (χ0v) is 17.8. The van der Waals surface area contributed by atoms with Crippen molar-refractivity contribution in [1.29, 1.82) is 0 Å². The van der Waals surface area contributed by atoms with Gasteiger partial charge in [-0.3, -0.25) is 9.59 Å². The molecule has 0 saturated heterocycles. The van der Waals surface area contributed by atoms with Crippen LogP contribution in [0.25, 0.3) is 0 Å². The average Bonchev–Trinajstić information content (AvgIpc) is 2.91. The fraction of sp³-hybridized carbons (Fsp3) is 0.200. The molecule has 164 valence electrons. The molecule has 0 unspecified atom stereocenters. The molecule has 0 bridgehead atoms. The lowest BCUT2D eigenvalue weighted by Crippen LogP contribution is -2.37. The Morgan fingerprint density at radius 2 is 1.94 bits per heavy atom. The lowest BCUT2D eigenvalue weighted by molar-refractivity contribution is -0.138. The minimum Gasteiger partial charge on any atom is -0.497 e. The lowest BCUT2D eigenvalue weighted by Gasteiger charge is -2.22. The Morgan fingerprint density at radius 1 is 1.16 bits per heavy atom. The van der Waals surface area contributed by atoms with Crippen LogP contribution in [0.3, 0.4) is 0 Å². The SMILES string of the molecule is COc1cccc(C(=O)Nc2ccc3c(c2)CN(Cc2ccc(F)cc2)C(=O)[C@H](C)O3)c1. The number of amides is 2. The highest BCUT2D eigenvalue weighted by Crippen LogP contribution is 2.29. The molecule has 0 aromatic heterocycles. The predicted molar refractivity (Wildman–Crippen MR) is 118 cm³/mol. The first-order valence-corrected chi connectivity index (χ1v) is 10.2. The summed E-state index contributed by atoms with van der Waals surface area (Å²) in [6, 6.07) is 18.2. The van der Waals surface area contributed by atoms with Crippen LogP contribution >= 0.6 is 0 Å². The molecule has 1 heterocycles. The zero-order chi connectivity index (χ0) is 22.7. The van der Waals surface area contributed by atoms with Gasteiger partial charge >= 0.3 is 0 Å². The van der Waals surface area contributed by atoms with E-state index < -0.39 is 6.10 Å². The molecule has 3 aromatic carbocycles. The minimum absolute atomic E-state index is 0.160. The highest BCUT2D eigenvalue weighted by atomic mass is 19.1. The molecule has 1 atom stereocenters. The molecule has 0 aliphatic carbocycles. The van der Waals surface area contributed by atoms with Gasteiger partial charge < -0.3 is 19.7 Å². The summed E-state index contributed by atoms with van der Waals surface area (Å²) in [4.78, 5) is 27.2.